The van der Waals surface area contributed by atoms with E-state index in [9.17, 15) is 0 Å². The van der Waals surface area contributed by atoms with E-state index in [4.69, 9.17) is 0 Å². The molecule has 0 saturated carbocycles. The molecule has 1 aliphatic rings. The summed E-state index contributed by atoms with van der Waals surface area (Å²) < 4.78 is 2.35. The van der Waals surface area contributed by atoms with Crippen LogP contribution in [0.3, 0.4) is 0 Å². The van der Waals surface area contributed by atoms with Crippen LogP contribution in [0, 0.1) is 20.8 Å². The summed E-state index contributed by atoms with van der Waals surface area (Å²) in [6, 6.07) is 77.7. The van der Waals surface area contributed by atoms with Gasteiger partial charge in [-0.1, -0.05) is 233 Å². The smallest absolute Gasteiger partial charge is 0.0541 e. The zero-order chi connectivity index (χ0) is 45.0. The summed E-state index contributed by atoms with van der Waals surface area (Å²) in [6.45, 7) is 18.5. The Balaban J connectivity index is 0.000000143. The van der Waals surface area contributed by atoms with E-state index < -0.39 is 0 Å². The van der Waals surface area contributed by atoms with E-state index in [1.165, 1.54) is 99.8 Å². The third-order valence-corrected chi connectivity index (χ3v) is 11.5. The first-order valence-electron chi connectivity index (χ1n) is 22.7. The third-order valence-electron chi connectivity index (χ3n) is 11.5. The number of hydrogen-bond donors (Lipinski definition) is 0. The van der Waals surface area contributed by atoms with Crippen molar-refractivity contribution >= 4 is 27.4 Å². The Hall–Kier alpha value is -7.48. The summed E-state index contributed by atoms with van der Waals surface area (Å²) in [7, 11) is 0. The van der Waals surface area contributed by atoms with E-state index in [2.05, 4.69) is 244 Å². The van der Waals surface area contributed by atoms with Gasteiger partial charge in [-0.15, -0.1) is 0 Å². The van der Waals surface area contributed by atoms with Gasteiger partial charge in [-0.25, -0.2) is 0 Å². The highest BCUT2D eigenvalue weighted by Gasteiger charge is 2.21. The van der Waals surface area contributed by atoms with Gasteiger partial charge in [0.2, 0.25) is 0 Å². The first-order chi connectivity index (χ1) is 31.4. The van der Waals surface area contributed by atoms with Crippen molar-refractivity contribution < 1.29 is 0 Å². The summed E-state index contributed by atoms with van der Waals surface area (Å²) in [5, 5.41) is 2.59. The average Bonchev–Trinajstić information content (AvgIpc) is 3.84. The molecule has 9 aromatic carbocycles. The van der Waals surface area contributed by atoms with E-state index >= 15 is 0 Å². The van der Waals surface area contributed by atoms with Crippen molar-refractivity contribution in [2.24, 2.45) is 0 Å². The summed E-state index contributed by atoms with van der Waals surface area (Å²) >= 11 is 0. The van der Waals surface area contributed by atoms with Gasteiger partial charge in [-0.2, -0.15) is 0 Å². The number of fused-ring (bicyclic) bond motifs is 6. The van der Waals surface area contributed by atoms with Gasteiger partial charge in [0, 0.05) is 16.5 Å². The van der Waals surface area contributed by atoms with E-state index in [1.807, 2.05) is 33.8 Å². The van der Waals surface area contributed by atoms with Gasteiger partial charge < -0.3 is 4.57 Å². The highest BCUT2D eigenvalue weighted by Crippen LogP contribution is 2.43. The maximum Gasteiger partial charge on any atom is 0.0541 e. The molecule has 0 N–H and O–H groups in total. The second kappa shape index (κ2) is 21.1. The molecule has 0 saturated heterocycles. The van der Waals surface area contributed by atoms with Crippen LogP contribution in [-0.2, 0) is 0 Å². The third kappa shape index (κ3) is 9.76. The average molecular weight is 830 g/mol. The normalized spacial score (nSPS) is 10.8. The maximum absolute atomic E-state index is 4.18. The zero-order valence-electron chi connectivity index (χ0n) is 38.4. The minimum Gasteiger partial charge on any atom is -0.309 e. The number of para-hydroxylation sites is 2. The molecule has 1 heterocycles. The van der Waals surface area contributed by atoms with Crippen LogP contribution >= 0.6 is 0 Å². The van der Waals surface area contributed by atoms with E-state index in [1.54, 1.807) is 0 Å². The van der Waals surface area contributed by atoms with E-state index in [0.29, 0.717) is 0 Å². The Labute approximate surface area is 381 Å². The Kier molecular flexibility index (Phi) is 14.7. The lowest BCUT2D eigenvalue weighted by molar-refractivity contribution is 1.18. The number of aryl methyl sites for hydroxylation is 3. The molecule has 316 valence electrons. The molecule has 0 radical (unpaired) electrons. The van der Waals surface area contributed by atoms with Crippen LogP contribution in [0.4, 0.5) is 0 Å². The predicted octanol–water partition coefficient (Wildman–Crippen LogP) is 18.2. The maximum atomic E-state index is 4.18. The number of rotatable bonds is 4. The molecule has 11 rings (SSSR count). The molecule has 0 unspecified atom stereocenters. The van der Waals surface area contributed by atoms with Gasteiger partial charge >= 0.3 is 0 Å². The van der Waals surface area contributed by atoms with Gasteiger partial charge in [-0.05, 0) is 118 Å². The van der Waals surface area contributed by atoms with Crippen LogP contribution in [0.2, 0.25) is 0 Å². The monoisotopic (exact) mass is 829 g/mol. The van der Waals surface area contributed by atoms with E-state index in [-0.39, 0.29) is 0 Å². The largest absolute Gasteiger partial charge is 0.309 e. The van der Waals surface area contributed by atoms with Crippen molar-refractivity contribution in [3.8, 4) is 50.2 Å². The molecule has 0 amide bonds. The van der Waals surface area contributed by atoms with Crippen LogP contribution in [0.15, 0.2) is 225 Å². The lowest BCUT2D eigenvalue weighted by Crippen LogP contribution is -1.92. The standard InChI is InChI=1S/C25H19N.C19H16.C15H12.2C2H6/c1-18-11-13-19(14-12-18)20-15-16-25-23(17-20)22-9-5-6-10-24(22)26(25)21-7-3-2-4-8-21;1-15-10-12-17(13-11-15)19-9-5-8-18(14-19)16-6-3-2-4-7-16;1-10-7-8-14-13-6-4-3-5-12(13)11(2)15(14)9-10;2*1-2/h2-17H,1H3;2-14H,1H3;3-9H,2H2,1H3;2*1-2H3. The number of benzene rings is 9. The molecule has 1 aliphatic carbocycles. The highest BCUT2D eigenvalue weighted by molar-refractivity contribution is 6.10. The number of nitrogens with zero attached hydrogens (tertiary/aromatic N) is 1. The minimum absolute atomic E-state index is 1.16. The summed E-state index contributed by atoms with van der Waals surface area (Å²) in [4.78, 5) is 0. The molecular weight excluding hydrogens is 771 g/mol. The van der Waals surface area contributed by atoms with Gasteiger partial charge in [-0.3, -0.25) is 0 Å². The fraction of sp³-hybridized carbons (Fsp3) is 0.111. The van der Waals surface area contributed by atoms with Crippen molar-refractivity contribution in [3.05, 3.63) is 253 Å². The van der Waals surface area contributed by atoms with Crippen LogP contribution in [0.1, 0.15) is 55.5 Å². The van der Waals surface area contributed by atoms with Gasteiger partial charge in [0.25, 0.3) is 0 Å². The van der Waals surface area contributed by atoms with Crippen molar-refractivity contribution in [1.82, 2.24) is 4.57 Å². The zero-order valence-corrected chi connectivity index (χ0v) is 38.4. The highest BCUT2D eigenvalue weighted by atomic mass is 15.0. The molecule has 1 nitrogen and oxygen atoms in total. The molecule has 1 aromatic heterocycles. The number of hydrogen-bond acceptors (Lipinski definition) is 0. The molecule has 0 bridgehead atoms. The van der Waals surface area contributed by atoms with Gasteiger partial charge in [0.1, 0.15) is 0 Å². The van der Waals surface area contributed by atoms with E-state index in [0.717, 1.165) is 5.57 Å². The van der Waals surface area contributed by atoms with Crippen LogP contribution < -0.4 is 0 Å². The fourth-order valence-corrected chi connectivity index (χ4v) is 8.28. The molecule has 64 heavy (non-hydrogen) atoms. The first-order valence-corrected chi connectivity index (χ1v) is 22.7. The van der Waals surface area contributed by atoms with Crippen LogP contribution in [-0.4, -0.2) is 4.57 Å². The lowest BCUT2D eigenvalue weighted by Gasteiger charge is -2.08. The van der Waals surface area contributed by atoms with Crippen LogP contribution in [0.25, 0.3) is 77.6 Å². The van der Waals surface area contributed by atoms with Crippen molar-refractivity contribution in [2.45, 2.75) is 48.5 Å². The first kappa shape index (κ1) is 44.6. The second-order valence-electron chi connectivity index (χ2n) is 15.7. The van der Waals surface area contributed by atoms with Crippen molar-refractivity contribution in [2.75, 3.05) is 0 Å². The molecule has 10 aromatic rings. The Morgan fingerprint density at radius 1 is 0.297 bits per heavy atom. The summed E-state index contributed by atoms with van der Waals surface area (Å²) in [6.07, 6.45) is 0. The topological polar surface area (TPSA) is 4.93 Å². The van der Waals surface area contributed by atoms with Gasteiger partial charge in [0.05, 0.1) is 11.0 Å². The summed E-state index contributed by atoms with van der Waals surface area (Å²) in [5.41, 5.74) is 21.5. The summed E-state index contributed by atoms with van der Waals surface area (Å²) in [5.74, 6) is 0. The molecular formula is C63H59N. The van der Waals surface area contributed by atoms with Crippen molar-refractivity contribution in [1.29, 1.82) is 0 Å². The quantitative estimate of drug-likeness (QED) is 0.167. The fourth-order valence-electron chi connectivity index (χ4n) is 8.28. The Bertz CT molecular complexity index is 3090. The SMILES string of the molecule is C=C1c2ccccc2-c2ccc(C)cc21.CC.CC.Cc1ccc(-c2ccc3c(c2)c2ccccc2n3-c2ccccc2)cc1.Cc1ccc(-c2cccc(-c3ccccc3)c2)cc1. The Morgan fingerprint density at radius 2 is 0.734 bits per heavy atom. The molecule has 1 heteroatoms. The Morgan fingerprint density at radius 3 is 1.36 bits per heavy atom. The molecule has 0 atom stereocenters. The lowest BCUT2D eigenvalue weighted by atomic mass is 9.99. The van der Waals surface area contributed by atoms with Gasteiger partial charge in [0.15, 0.2) is 0 Å². The minimum atomic E-state index is 1.16. The number of aromatic nitrogens is 1. The molecule has 0 spiro atoms. The van der Waals surface area contributed by atoms with Crippen LogP contribution in [0.5, 0.6) is 0 Å². The molecule has 0 aliphatic heterocycles. The molecule has 0 fully saturated rings. The second-order valence-corrected chi connectivity index (χ2v) is 15.7. The van der Waals surface area contributed by atoms with Crippen molar-refractivity contribution in [3.63, 3.8) is 0 Å². The predicted molar refractivity (Wildman–Crippen MR) is 280 cm³/mol.